The maximum Gasteiger partial charge on any atom is 0.346 e. The van der Waals surface area contributed by atoms with Crippen LogP contribution in [0.3, 0.4) is 0 Å². The number of carboxylic acid groups (broad SMARTS) is 1. The van der Waals surface area contributed by atoms with E-state index in [9.17, 15) is 9.90 Å². The Bertz CT molecular complexity index is 794. The van der Waals surface area contributed by atoms with Gasteiger partial charge in [-0.1, -0.05) is 29.8 Å². The highest BCUT2D eigenvalue weighted by molar-refractivity contribution is 7.21. The van der Waals surface area contributed by atoms with E-state index in [1.54, 1.807) is 0 Å². The van der Waals surface area contributed by atoms with E-state index >= 15 is 0 Å². The molecule has 3 aromatic rings. The molecule has 3 nitrogen and oxygen atoms in total. The van der Waals surface area contributed by atoms with Crippen LogP contribution in [0.2, 0.25) is 4.34 Å². The van der Waals surface area contributed by atoms with E-state index in [0.29, 0.717) is 18.0 Å². The molecule has 0 saturated carbocycles. The zero-order valence-electron chi connectivity index (χ0n) is 10.9. The van der Waals surface area contributed by atoms with Crippen LogP contribution in [0.1, 0.15) is 20.1 Å². The van der Waals surface area contributed by atoms with E-state index in [2.05, 4.69) is 5.32 Å². The average molecular weight is 338 g/mol. The number of nitrogens with one attached hydrogen (secondary N) is 1. The minimum atomic E-state index is -0.868. The monoisotopic (exact) mass is 337 g/mol. The maximum absolute atomic E-state index is 11.4. The summed E-state index contributed by atoms with van der Waals surface area (Å²) in [7, 11) is 0. The fraction of sp³-hybridized carbons (Fsp3) is 0.133. The van der Waals surface area contributed by atoms with Crippen molar-refractivity contribution < 1.29 is 9.90 Å². The summed E-state index contributed by atoms with van der Waals surface area (Å²) in [4.78, 5) is 12.9. The molecule has 0 fully saturated rings. The Morgan fingerprint density at radius 2 is 1.95 bits per heavy atom. The molecule has 0 bridgehead atoms. The standard InChI is InChI=1S/C15H12ClNO2S2/c16-13-6-5-9(20-13)7-17-8-11-10-3-1-2-4-12(10)21-14(11)15(18)19/h1-6,17H,7-8H2,(H,18,19). The third-order valence-electron chi connectivity index (χ3n) is 3.12. The average Bonchev–Trinajstić information content (AvgIpc) is 3.03. The summed E-state index contributed by atoms with van der Waals surface area (Å²) in [5.41, 5.74) is 0.853. The van der Waals surface area contributed by atoms with Crippen molar-refractivity contribution in [2.24, 2.45) is 0 Å². The Morgan fingerprint density at radius 3 is 2.67 bits per heavy atom. The van der Waals surface area contributed by atoms with Gasteiger partial charge in [0.05, 0.1) is 4.34 Å². The maximum atomic E-state index is 11.4. The molecule has 0 aliphatic rings. The second-order valence-electron chi connectivity index (χ2n) is 4.52. The predicted molar refractivity (Wildman–Crippen MR) is 88.7 cm³/mol. The molecule has 6 heteroatoms. The first kappa shape index (κ1) is 14.5. The molecule has 108 valence electrons. The summed E-state index contributed by atoms with van der Waals surface area (Å²) in [5.74, 6) is -0.868. The SMILES string of the molecule is O=C(O)c1sc2ccccc2c1CNCc1ccc(Cl)s1. The minimum Gasteiger partial charge on any atom is -0.477 e. The van der Waals surface area contributed by atoms with E-state index in [-0.39, 0.29) is 0 Å². The molecule has 0 saturated heterocycles. The number of benzene rings is 1. The van der Waals surface area contributed by atoms with E-state index in [0.717, 1.165) is 24.9 Å². The Balaban J connectivity index is 1.82. The first-order valence-electron chi connectivity index (χ1n) is 6.34. The first-order chi connectivity index (χ1) is 10.1. The van der Waals surface area contributed by atoms with Gasteiger partial charge in [0, 0.05) is 22.7 Å². The summed E-state index contributed by atoms with van der Waals surface area (Å²) in [6.07, 6.45) is 0. The van der Waals surface area contributed by atoms with Crippen LogP contribution in [0, 0.1) is 0 Å². The minimum absolute atomic E-state index is 0.410. The fourth-order valence-corrected chi connectivity index (χ4v) is 4.32. The Hall–Kier alpha value is -1.40. The highest BCUT2D eigenvalue weighted by Crippen LogP contribution is 2.31. The van der Waals surface area contributed by atoms with Gasteiger partial charge in [-0.3, -0.25) is 0 Å². The van der Waals surface area contributed by atoms with Crippen molar-refractivity contribution in [3.8, 4) is 0 Å². The summed E-state index contributed by atoms with van der Waals surface area (Å²) < 4.78 is 1.77. The van der Waals surface area contributed by atoms with Gasteiger partial charge >= 0.3 is 5.97 Å². The first-order valence-corrected chi connectivity index (χ1v) is 8.35. The van der Waals surface area contributed by atoms with Crippen molar-refractivity contribution in [3.63, 3.8) is 0 Å². The highest BCUT2D eigenvalue weighted by atomic mass is 35.5. The van der Waals surface area contributed by atoms with Crippen molar-refractivity contribution in [3.05, 3.63) is 56.1 Å². The topological polar surface area (TPSA) is 49.3 Å². The van der Waals surface area contributed by atoms with Gasteiger partial charge in [-0.2, -0.15) is 0 Å². The molecule has 21 heavy (non-hydrogen) atoms. The van der Waals surface area contributed by atoms with Crippen LogP contribution in [-0.2, 0) is 13.1 Å². The Morgan fingerprint density at radius 1 is 1.14 bits per heavy atom. The van der Waals surface area contributed by atoms with Crippen LogP contribution in [0.15, 0.2) is 36.4 Å². The van der Waals surface area contributed by atoms with Gasteiger partial charge in [-0.05, 0) is 29.1 Å². The second kappa shape index (κ2) is 6.15. The lowest BCUT2D eigenvalue weighted by Gasteiger charge is -2.04. The number of carbonyl (C=O) groups is 1. The van der Waals surface area contributed by atoms with Gasteiger partial charge in [0.2, 0.25) is 0 Å². The van der Waals surface area contributed by atoms with Crippen LogP contribution in [0.5, 0.6) is 0 Å². The van der Waals surface area contributed by atoms with Crippen LogP contribution >= 0.6 is 34.3 Å². The van der Waals surface area contributed by atoms with E-state index in [4.69, 9.17) is 11.6 Å². The van der Waals surface area contributed by atoms with E-state index < -0.39 is 5.97 Å². The summed E-state index contributed by atoms with van der Waals surface area (Å²) in [6, 6.07) is 11.6. The van der Waals surface area contributed by atoms with Gasteiger partial charge in [0.15, 0.2) is 0 Å². The molecule has 0 unspecified atom stereocenters. The molecule has 1 aromatic carbocycles. The van der Waals surface area contributed by atoms with Crippen molar-refractivity contribution in [1.82, 2.24) is 5.32 Å². The number of thiophene rings is 2. The molecule has 3 rings (SSSR count). The molecule has 2 aromatic heterocycles. The lowest BCUT2D eigenvalue weighted by atomic mass is 10.1. The van der Waals surface area contributed by atoms with Crippen LogP contribution in [0.25, 0.3) is 10.1 Å². The fourth-order valence-electron chi connectivity index (χ4n) is 2.20. The zero-order chi connectivity index (χ0) is 14.8. The van der Waals surface area contributed by atoms with Gasteiger partial charge in [-0.15, -0.1) is 22.7 Å². The number of fused-ring (bicyclic) bond motifs is 1. The van der Waals surface area contributed by atoms with Crippen LogP contribution in [0.4, 0.5) is 0 Å². The van der Waals surface area contributed by atoms with E-state index in [1.807, 2.05) is 36.4 Å². The van der Waals surface area contributed by atoms with Crippen molar-refractivity contribution >= 4 is 50.3 Å². The number of rotatable bonds is 5. The molecule has 2 N–H and O–H groups in total. The zero-order valence-corrected chi connectivity index (χ0v) is 13.3. The summed E-state index contributed by atoms with van der Waals surface area (Å²) in [5, 5.41) is 13.7. The molecule has 2 heterocycles. The second-order valence-corrected chi connectivity index (χ2v) is 7.37. The number of aromatic carboxylic acids is 1. The molecule has 0 amide bonds. The molecule has 0 aliphatic carbocycles. The molecular formula is C15H12ClNO2S2. The van der Waals surface area contributed by atoms with Crippen molar-refractivity contribution in [2.75, 3.05) is 0 Å². The normalized spacial score (nSPS) is 11.1. The lowest BCUT2D eigenvalue weighted by Crippen LogP contribution is -2.13. The van der Waals surface area contributed by atoms with Gasteiger partial charge in [-0.25, -0.2) is 4.79 Å². The number of hydrogen-bond donors (Lipinski definition) is 2. The quantitative estimate of drug-likeness (QED) is 0.715. The largest absolute Gasteiger partial charge is 0.477 e. The van der Waals surface area contributed by atoms with Gasteiger partial charge in [0.25, 0.3) is 0 Å². The summed E-state index contributed by atoms with van der Waals surface area (Å²) in [6.45, 7) is 1.21. The van der Waals surface area contributed by atoms with E-state index in [1.165, 1.54) is 22.7 Å². The van der Waals surface area contributed by atoms with Gasteiger partial charge < -0.3 is 10.4 Å². The van der Waals surface area contributed by atoms with Crippen molar-refractivity contribution in [1.29, 1.82) is 0 Å². The molecule has 0 radical (unpaired) electrons. The Labute approximate surface area is 134 Å². The third-order valence-corrected chi connectivity index (χ3v) is 5.55. The van der Waals surface area contributed by atoms with Crippen LogP contribution in [-0.4, -0.2) is 11.1 Å². The molecule has 0 atom stereocenters. The highest BCUT2D eigenvalue weighted by Gasteiger charge is 2.16. The molecule has 0 aliphatic heterocycles. The molecule has 0 spiro atoms. The Kier molecular flexibility index (Phi) is 4.26. The number of halogens is 1. The predicted octanol–water partition coefficient (Wildman–Crippen LogP) is 4.60. The van der Waals surface area contributed by atoms with Gasteiger partial charge in [0.1, 0.15) is 4.88 Å². The molecular weight excluding hydrogens is 326 g/mol. The number of hydrogen-bond acceptors (Lipinski definition) is 4. The summed E-state index contributed by atoms with van der Waals surface area (Å²) >= 11 is 8.75. The smallest absolute Gasteiger partial charge is 0.346 e. The van der Waals surface area contributed by atoms with Crippen LogP contribution < -0.4 is 5.32 Å². The third kappa shape index (κ3) is 3.11. The lowest BCUT2D eigenvalue weighted by molar-refractivity contribution is 0.0701. The van der Waals surface area contributed by atoms with Crippen molar-refractivity contribution in [2.45, 2.75) is 13.1 Å². The number of carboxylic acids is 1.